The number of aliphatic hydroxyl groups is 1. The molecule has 0 saturated carbocycles. The van der Waals surface area contributed by atoms with Crippen LogP contribution in [0.2, 0.25) is 0 Å². The van der Waals surface area contributed by atoms with Gasteiger partial charge in [-0.05, 0) is 57.0 Å². The first kappa shape index (κ1) is 15.4. The second-order valence-electron chi connectivity index (χ2n) is 5.87. The molecule has 2 nitrogen and oxygen atoms in total. The molecule has 112 valence electrons. The van der Waals surface area contributed by atoms with Gasteiger partial charge in [-0.25, -0.2) is 8.78 Å². The van der Waals surface area contributed by atoms with Crippen LogP contribution in [0.15, 0.2) is 18.2 Å². The molecule has 2 unspecified atom stereocenters. The van der Waals surface area contributed by atoms with E-state index in [-0.39, 0.29) is 5.54 Å². The summed E-state index contributed by atoms with van der Waals surface area (Å²) in [5.74, 6) is -1.70. The van der Waals surface area contributed by atoms with E-state index in [1.807, 2.05) is 0 Å². The molecule has 0 amide bonds. The minimum absolute atomic E-state index is 0.304. The van der Waals surface area contributed by atoms with E-state index in [0.717, 1.165) is 38.4 Å². The third kappa shape index (κ3) is 3.01. The van der Waals surface area contributed by atoms with Crippen LogP contribution in [0.3, 0.4) is 0 Å². The first-order chi connectivity index (χ1) is 9.47. The largest absolute Gasteiger partial charge is 0.391 e. The van der Waals surface area contributed by atoms with Crippen molar-refractivity contribution >= 4 is 0 Å². The fourth-order valence-electron chi connectivity index (χ4n) is 3.01. The predicted molar refractivity (Wildman–Crippen MR) is 75.6 cm³/mol. The van der Waals surface area contributed by atoms with Gasteiger partial charge >= 0.3 is 0 Å². The molecular weight excluding hydrogens is 260 g/mol. The number of benzene rings is 1. The molecule has 1 fully saturated rings. The Labute approximate surface area is 119 Å². The molecule has 0 aliphatic carbocycles. The normalized spacial score (nSPS) is 20.9. The zero-order valence-corrected chi connectivity index (χ0v) is 12.2. The summed E-state index contributed by atoms with van der Waals surface area (Å²) in [7, 11) is 0. The van der Waals surface area contributed by atoms with Crippen molar-refractivity contribution in [1.82, 2.24) is 4.90 Å². The Morgan fingerprint density at radius 3 is 2.45 bits per heavy atom. The number of hydrogen-bond acceptors (Lipinski definition) is 2. The summed E-state index contributed by atoms with van der Waals surface area (Å²) in [6, 6.07) is 3.84. The Kier molecular flexibility index (Phi) is 4.76. The quantitative estimate of drug-likeness (QED) is 0.897. The maximum Gasteiger partial charge on any atom is 0.159 e. The summed E-state index contributed by atoms with van der Waals surface area (Å²) in [6.45, 7) is 6.12. The van der Waals surface area contributed by atoms with E-state index in [1.165, 1.54) is 6.07 Å². The number of rotatable bonds is 5. The van der Waals surface area contributed by atoms with Crippen LogP contribution in [-0.4, -0.2) is 34.7 Å². The number of nitrogens with zero attached hydrogens (tertiary/aromatic N) is 1. The van der Waals surface area contributed by atoms with Crippen LogP contribution in [0.5, 0.6) is 0 Å². The number of hydrogen-bond donors (Lipinski definition) is 1. The molecular formula is C16H23F2NO. The molecule has 2 rings (SSSR count). The fraction of sp³-hybridized carbons (Fsp3) is 0.625. The molecule has 1 N–H and O–H groups in total. The smallest absolute Gasteiger partial charge is 0.159 e. The number of aliphatic hydroxyl groups excluding tert-OH is 1. The van der Waals surface area contributed by atoms with Crippen molar-refractivity contribution in [3.8, 4) is 0 Å². The summed E-state index contributed by atoms with van der Waals surface area (Å²) in [5.41, 5.74) is 0.330. The predicted octanol–water partition coefficient (Wildman–Crippen LogP) is 3.13. The lowest BCUT2D eigenvalue weighted by molar-refractivity contribution is -0.0117. The maximum absolute atomic E-state index is 13.2. The Morgan fingerprint density at radius 2 is 1.90 bits per heavy atom. The molecule has 1 saturated heterocycles. The van der Waals surface area contributed by atoms with Crippen LogP contribution in [0, 0.1) is 11.6 Å². The van der Waals surface area contributed by atoms with Crippen LogP contribution in [0.1, 0.15) is 38.7 Å². The van der Waals surface area contributed by atoms with Crippen LogP contribution < -0.4 is 0 Å². The second kappa shape index (κ2) is 6.19. The first-order valence-corrected chi connectivity index (χ1v) is 7.34. The van der Waals surface area contributed by atoms with Crippen LogP contribution >= 0.6 is 0 Å². The van der Waals surface area contributed by atoms with E-state index in [2.05, 4.69) is 18.7 Å². The molecule has 2 atom stereocenters. The fourth-order valence-corrected chi connectivity index (χ4v) is 3.01. The highest BCUT2D eigenvalue weighted by Crippen LogP contribution is 2.29. The highest BCUT2D eigenvalue weighted by Gasteiger charge is 2.38. The van der Waals surface area contributed by atoms with Gasteiger partial charge in [-0.2, -0.15) is 0 Å². The van der Waals surface area contributed by atoms with E-state index in [1.54, 1.807) is 6.07 Å². The molecule has 1 aromatic rings. The lowest BCUT2D eigenvalue weighted by Crippen LogP contribution is -2.53. The highest BCUT2D eigenvalue weighted by atomic mass is 19.2. The zero-order chi connectivity index (χ0) is 14.8. The van der Waals surface area contributed by atoms with Gasteiger partial charge in [0.05, 0.1) is 6.10 Å². The summed E-state index contributed by atoms with van der Waals surface area (Å²) >= 11 is 0. The van der Waals surface area contributed by atoms with Crippen LogP contribution in [0.25, 0.3) is 0 Å². The van der Waals surface area contributed by atoms with Crippen molar-refractivity contribution in [1.29, 1.82) is 0 Å². The minimum Gasteiger partial charge on any atom is -0.391 e. The van der Waals surface area contributed by atoms with Crippen molar-refractivity contribution in [2.75, 3.05) is 13.1 Å². The summed E-state index contributed by atoms with van der Waals surface area (Å²) < 4.78 is 26.2. The molecule has 1 aliphatic rings. The van der Waals surface area contributed by atoms with Gasteiger partial charge in [0.1, 0.15) is 0 Å². The van der Waals surface area contributed by atoms with Gasteiger partial charge < -0.3 is 5.11 Å². The summed E-state index contributed by atoms with van der Waals surface area (Å²) in [6.07, 6.45) is 2.91. The van der Waals surface area contributed by atoms with Crippen LogP contribution in [0.4, 0.5) is 8.78 Å². The van der Waals surface area contributed by atoms with Crippen molar-refractivity contribution in [2.24, 2.45) is 0 Å². The van der Waals surface area contributed by atoms with E-state index in [4.69, 9.17) is 0 Å². The first-order valence-electron chi connectivity index (χ1n) is 7.34. The summed E-state index contributed by atoms with van der Waals surface area (Å²) in [4.78, 5) is 2.32. The molecule has 1 aromatic carbocycles. The average molecular weight is 283 g/mol. The van der Waals surface area contributed by atoms with Crippen molar-refractivity contribution in [2.45, 2.75) is 51.2 Å². The van der Waals surface area contributed by atoms with Gasteiger partial charge in [0, 0.05) is 12.0 Å². The monoisotopic (exact) mass is 283 g/mol. The summed E-state index contributed by atoms with van der Waals surface area (Å²) in [5, 5.41) is 10.6. The molecule has 0 aromatic heterocycles. The van der Waals surface area contributed by atoms with Gasteiger partial charge in [-0.1, -0.05) is 13.0 Å². The number of halogens is 2. The highest BCUT2D eigenvalue weighted by molar-refractivity contribution is 5.19. The lowest BCUT2D eigenvalue weighted by Gasteiger charge is -2.42. The third-order valence-electron chi connectivity index (χ3n) is 4.68. The van der Waals surface area contributed by atoms with Gasteiger partial charge in [0.15, 0.2) is 11.6 Å². The molecule has 4 heteroatoms. The molecule has 0 radical (unpaired) electrons. The molecule has 1 aliphatic heterocycles. The van der Waals surface area contributed by atoms with E-state index in [9.17, 15) is 13.9 Å². The van der Waals surface area contributed by atoms with Crippen molar-refractivity contribution < 1.29 is 13.9 Å². The Bertz CT molecular complexity index is 460. The topological polar surface area (TPSA) is 23.5 Å². The maximum atomic E-state index is 13.2. The number of likely N-dealkylation sites (tertiary alicyclic amines) is 1. The third-order valence-corrected chi connectivity index (χ3v) is 4.68. The Balaban J connectivity index is 2.12. The van der Waals surface area contributed by atoms with Gasteiger partial charge in [-0.15, -0.1) is 0 Å². The Hall–Kier alpha value is -1.00. The zero-order valence-electron chi connectivity index (χ0n) is 12.2. The molecule has 0 spiro atoms. The molecule has 1 heterocycles. The van der Waals surface area contributed by atoms with E-state index in [0.29, 0.717) is 12.0 Å². The van der Waals surface area contributed by atoms with E-state index < -0.39 is 17.7 Å². The average Bonchev–Trinajstić information content (AvgIpc) is 2.96. The van der Waals surface area contributed by atoms with Gasteiger partial charge in [-0.3, -0.25) is 4.90 Å². The SMILES string of the molecule is CCC(C)(C(O)Cc1ccc(F)c(F)c1)N1CCCC1. The van der Waals surface area contributed by atoms with E-state index >= 15 is 0 Å². The molecule has 0 bridgehead atoms. The van der Waals surface area contributed by atoms with Gasteiger partial charge in [0.2, 0.25) is 0 Å². The van der Waals surface area contributed by atoms with Crippen LogP contribution in [-0.2, 0) is 6.42 Å². The molecule has 20 heavy (non-hydrogen) atoms. The van der Waals surface area contributed by atoms with Gasteiger partial charge in [0.25, 0.3) is 0 Å². The lowest BCUT2D eigenvalue weighted by atomic mass is 9.86. The minimum atomic E-state index is -0.853. The second-order valence-corrected chi connectivity index (χ2v) is 5.87. The Morgan fingerprint density at radius 1 is 1.25 bits per heavy atom. The van der Waals surface area contributed by atoms with Crippen molar-refractivity contribution in [3.05, 3.63) is 35.4 Å². The standard InChI is InChI=1S/C16H23F2NO/c1-3-16(2,19-8-4-5-9-19)15(20)11-12-6-7-13(17)14(18)10-12/h6-7,10,15,20H,3-5,8-9,11H2,1-2H3. The van der Waals surface area contributed by atoms with Crippen molar-refractivity contribution in [3.63, 3.8) is 0 Å².